The van der Waals surface area contributed by atoms with Gasteiger partial charge in [0.05, 0.1) is 6.54 Å². The van der Waals surface area contributed by atoms with Gasteiger partial charge in [-0.1, -0.05) is 12.1 Å². The summed E-state index contributed by atoms with van der Waals surface area (Å²) in [4.78, 5) is 15.8. The Bertz CT molecular complexity index is 617. The van der Waals surface area contributed by atoms with Crippen LogP contribution in [-0.2, 0) is 6.54 Å². The summed E-state index contributed by atoms with van der Waals surface area (Å²) in [6, 6.07) is 9.57. The largest absolute Gasteiger partial charge is 0.508 e. The van der Waals surface area contributed by atoms with Gasteiger partial charge in [-0.2, -0.15) is 0 Å². The average molecular weight is 287 g/mol. The number of aryl methyl sites for hydroxylation is 1. The normalized spacial score (nSPS) is 14.2. The molecule has 1 aromatic carbocycles. The van der Waals surface area contributed by atoms with Gasteiger partial charge < -0.3 is 10.0 Å². The molecule has 1 N–H and O–H groups in total. The number of hydrogen-bond donors (Lipinski definition) is 1. The predicted octanol–water partition coefficient (Wildman–Crippen LogP) is 3.57. The fourth-order valence-electron chi connectivity index (χ4n) is 2.23. The first-order chi connectivity index (χ1) is 9.65. The van der Waals surface area contributed by atoms with Crippen molar-refractivity contribution in [1.29, 1.82) is 0 Å². The van der Waals surface area contributed by atoms with Gasteiger partial charge >= 0.3 is 0 Å². The maximum atomic E-state index is 12.6. The van der Waals surface area contributed by atoms with E-state index < -0.39 is 0 Å². The Morgan fingerprint density at radius 1 is 1.40 bits per heavy atom. The van der Waals surface area contributed by atoms with E-state index in [0.29, 0.717) is 18.2 Å². The van der Waals surface area contributed by atoms with Crippen LogP contribution >= 0.6 is 11.3 Å². The first kappa shape index (κ1) is 13.2. The molecule has 0 bridgehead atoms. The minimum absolute atomic E-state index is 0.0104. The van der Waals surface area contributed by atoms with Crippen molar-refractivity contribution < 1.29 is 9.90 Å². The summed E-state index contributed by atoms with van der Waals surface area (Å²) in [5.74, 6) is 0.193. The van der Waals surface area contributed by atoms with Crippen LogP contribution in [-0.4, -0.2) is 22.0 Å². The van der Waals surface area contributed by atoms with Crippen molar-refractivity contribution in [3.63, 3.8) is 0 Å². The van der Waals surface area contributed by atoms with Crippen molar-refractivity contribution in [1.82, 2.24) is 4.90 Å². The van der Waals surface area contributed by atoms with Gasteiger partial charge in [-0.15, -0.1) is 11.3 Å². The molecule has 3 rings (SSSR count). The lowest BCUT2D eigenvalue weighted by molar-refractivity contribution is 0.0731. The van der Waals surface area contributed by atoms with Gasteiger partial charge in [-0.3, -0.25) is 4.79 Å². The first-order valence-electron chi connectivity index (χ1n) is 6.78. The van der Waals surface area contributed by atoms with Crippen LogP contribution in [0, 0.1) is 6.92 Å². The standard InChI is InChI=1S/C16H17NO2S/c1-11-4-5-12(9-15(11)18)16(19)17(13-6-7-13)10-14-3-2-8-20-14/h2-5,8-9,13,18H,6-7,10H2,1H3. The Morgan fingerprint density at radius 3 is 2.80 bits per heavy atom. The highest BCUT2D eigenvalue weighted by Crippen LogP contribution is 2.31. The molecule has 20 heavy (non-hydrogen) atoms. The van der Waals surface area contributed by atoms with E-state index in [2.05, 4.69) is 6.07 Å². The zero-order chi connectivity index (χ0) is 14.1. The maximum Gasteiger partial charge on any atom is 0.254 e. The van der Waals surface area contributed by atoms with E-state index in [1.165, 1.54) is 4.88 Å². The summed E-state index contributed by atoms with van der Waals surface area (Å²) in [6.45, 7) is 2.49. The minimum Gasteiger partial charge on any atom is -0.508 e. The number of phenols is 1. The van der Waals surface area contributed by atoms with E-state index in [-0.39, 0.29) is 11.7 Å². The smallest absolute Gasteiger partial charge is 0.254 e. The fraction of sp³-hybridized carbons (Fsp3) is 0.312. The lowest BCUT2D eigenvalue weighted by atomic mass is 10.1. The van der Waals surface area contributed by atoms with Crippen LogP contribution in [0.3, 0.4) is 0 Å². The van der Waals surface area contributed by atoms with E-state index in [9.17, 15) is 9.90 Å². The Kier molecular flexibility index (Phi) is 3.49. The van der Waals surface area contributed by atoms with Crippen molar-refractivity contribution in [2.75, 3.05) is 0 Å². The van der Waals surface area contributed by atoms with Crippen LogP contribution in [0.5, 0.6) is 5.75 Å². The molecule has 1 fully saturated rings. The summed E-state index contributed by atoms with van der Waals surface area (Å²) in [5, 5.41) is 11.8. The van der Waals surface area contributed by atoms with Crippen LogP contribution < -0.4 is 0 Å². The van der Waals surface area contributed by atoms with E-state index in [0.717, 1.165) is 18.4 Å². The Labute approximate surface area is 122 Å². The van der Waals surface area contributed by atoms with Crippen molar-refractivity contribution in [3.8, 4) is 5.75 Å². The Morgan fingerprint density at radius 2 is 2.20 bits per heavy atom. The van der Waals surface area contributed by atoms with E-state index in [1.807, 2.05) is 23.3 Å². The van der Waals surface area contributed by atoms with Crippen molar-refractivity contribution in [3.05, 3.63) is 51.7 Å². The molecule has 0 spiro atoms. The number of carbonyl (C=O) groups excluding carboxylic acids is 1. The number of thiophene rings is 1. The molecule has 0 radical (unpaired) electrons. The summed E-state index contributed by atoms with van der Waals surface area (Å²) < 4.78 is 0. The van der Waals surface area contributed by atoms with Crippen LogP contribution in [0.4, 0.5) is 0 Å². The molecule has 2 aromatic rings. The number of aromatic hydroxyl groups is 1. The number of amides is 1. The summed E-state index contributed by atoms with van der Waals surface area (Å²) in [5.41, 5.74) is 1.36. The molecule has 104 valence electrons. The van der Waals surface area contributed by atoms with Crippen molar-refractivity contribution >= 4 is 17.2 Å². The molecule has 1 aliphatic carbocycles. The highest BCUT2D eigenvalue weighted by Gasteiger charge is 2.33. The summed E-state index contributed by atoms with van der Waals surface area (Å²) in [7, 11) is 0. The molecule has 0 saturated heterocycles. The number of hydrogen-bond acceptors (Lipinski definition) is 3. The average Bonchev–Trinajstić information content (AvgIpc) is 3.15. The van der Waals surface area contributed by atoms with Gasteiger partial charge in [0.2, 0.25) is 0 Å². The zero-order valence-corrected chi connectivity index (χ0v) is 12.2. The third-order valence-electron chi connectivity index (χ3n) is 3.61. The number of phenolic OH excluding ortho intramolecular Hbond substituents is 1. The molecule has 1 amide bonds. The summed E-state index contributed by atoms with van der Waals surface area (Å²) >= 11 is 1.67. The third kappa shape index (κ3) is 2.70. The SMILES string of the molecule is Cc1ccc(C(=O)N(Cc2cccs2)C2CC2)cc1O. The van der Waals surface area contributed by atoms with Gasteiger partial charge in [0, 0.05) is 16.5 Å². The molecule has 3 nitrogen and oxygen atoms in total. The topological polar surface area (TPSA) is 40.5 Å². The zero-order valence-electron chi connectivity index (χ0n) is 11.4. The second-order valence-corrected chi connectivity index (χ2v) is 6.28. The number of rotatable bonds is 4. The van der Waals surface area contributed by atoms with E-state index >= 15 is 0 Å². The lowest BCUT2D eigenvalue weighted by Gasteiger charge is -2.22. The number of carbonyl (C=O) groups is 1. The molecule has 0 atom stereocenters. The van der Waals surface area contributed by atoms with Crippen LogP contribution in [0.1, 0.15) is 33.6 Å². The molecule has 4 heteroatoms. The number of benzene rings is 1. The molecule has 1 aliphatic rings. The van der Waals surface area contributed by atoms with Gasteiger partial charge in [0.25, 0.3) is 5.91 Å². The van der Waals surface area contributed by atoms with Gasteiger partial charge in [-0.05, 0) is 48.9 Å². The van der Waals surface area contributed by atoms with Gasteiger partial charge in [0.1, 0.15) is 5.75 Å². The van der Waals surface area contributed by atoms with E-state index in [4.69, 9.17) is 0 Å². The second-order valence-electron chi connectivity index (χ2n) is 5.24. The molecular weight excluding hydrogens is 270 g/mol. The maximum absolute atomic E-state index is 12.6. The van der Waals surface area contributed by atoms with Crippen molar-refractivity contribution in [2.45, 2.75) is 32.4 Å². The number of nitrogens with zero attached hydrogens (tertiary/aromatic N) is 1. The van der Waals surface area contributed by atoms with Crippen molar-refractivity contribution in [2.24, 2.45) is 0 Å². The van der Waals surface area contributed by atoms with Gasteiger partial charge in [-0.25, -0.2) is 0 Å². The van der Waals surface area contributed by atoms with E-state index in [1.54, 1.807) is 29.5 Å². The predicted molar refractivity (Wildman–Crippen MR) is 80.1 cm³/mol. The molecule has 1 aromatic heterocycles. The quantitative estimate of drug-likeness (QED) is 0.934. The molecule has 0 aliphatic heterocycles. The Hall–Kier alpha value is -1.81. The highest BCUT2D eigenvalue weighted by atomic mass is 32.1. The Balaban J connectivity index is 1.83. The van der Waals surface area contributed by atoms with Crippen LogP contribution in [0.25, 0.3) is 0 Å². The molecule has 1 heterocycles. The summed E-state index contributed by atoms with van der Waals surface area (Å²) in [6.07, 6.45) is 2.16. The monoisotopic (exact) mass is 287 g/mol. The van der Waals surface area contributed by atoms with Gasteiger partial charge in [0.15, 0.2) is 0 Å². The molecule has 0 unspecified atom stereocenters. The second kappa shape index (κ2) is 5.29. The van der Waals surface area contributed by atoms with Crippen LogP contribution in [0.2, 0.25) is 0 Å². The molecular formula is C16H17NO2S. The minimum atomic E-state index is 0.0104. The fourth-order valence-corrected chi connectivity index (χ4v) is 2.93. The lowest BCUT2D eigenvalue weighted by Crippen LogP contribution is -2.32. The molecule has 1 saturated carbocycles. The highest BCUT2D eigenvalue weighted by molar-refractivity contribution is 7.09. The van der Waals surface area contributed by atoms with Crippen LogP contribution in [0.15, 0.2) is 35.7 Å². The first-order valence-corrected chi connectivity index (χ1v) is 7.66. The third-order valence-corrected chi connectivity index (χ3v) is 4.47.